The Morgan fingerprint density at radius 1 is 1.47 bits per heavy atom. The first-order chi connectivity index (χ1) is 7.82. The molecule has 0 radical (unpaired) electrons. The second kappa shape index (κ2) is 3.40. The van der Waals surface area contributed by atoms with Gasteiger partial charge >= 0.3 is 12.1 Å². The maximum absolute atomic E-state index is 12.5. The summed E-state index contributed by atoms with van der Waals surface area (Å²) < 4.78 is 38.0. The summed E-state index contributed by atoms with van der Waals surface area (Å²) >= 11 is 0. The number of carboxylic acid groups (broad SMARTS) is 1. The van der Waals surface area contributed by atoms with Crippen LogP contribution in [0.1, 0.15) is 21.7 Å². The fourth-order valence-corrected chi connectivity index (χ4v) is 1.37. The lowest BCUT2D eigenvalue weighted by Gasteiger charge is -2.04. The molecular formula is C8H5F3N4O2. The van der Waals surface area contributed by atoms with Crippen molar-refractivity contribution >= 4 is 11.6 Å². The molecule has 0 saturated carbocycles. The Hall–Kier alpha value is -2.19. The predicted octanol–water partition coefficient (Wildman–Crippen LogP) is 1.15. The number of halogens is 3. The molecule has 6 nitrogen and oxygen atoms in total. The normalized spacial score (nSPS) is 12.0. The van der Waals surface area contributed by atoms with Crippen LogP contribution in [0.15, 0.2) is 6.20 Å². The Morgan fingerprint density at radius 2 is 2.12 bits per heavy atom. The SMILES string of the molecule is Cc1cnc2c(C(F)(F)F)nnn2c1C(=O)O. The topological polar surface area (TPSA) is 80.4 Å². The maximum atomic E-state index is 12.5. The van der Waals surface area contributed by atoms with Gasteiger partial charge in [-0.2, -0.15) is 17.7 Å². The summed E-state index contributed by atoms with van der Waals surface area (Å²) in [6, 6.07) is 0. The predicted molar refractivity (Wildman–Crippen MR) is 47.5 cm³/mol. The minimum Gasteiger partial charge on any atom is -0.476 e. The lowest BCUT2D eigenvalue weighted by atomic mass is 10.2. The van der Waals surface area contributed by atoms with Gasteiger partial charge in [0.1, 0.15) is 0 Å². The van der Waals surface area contributed by atoms with E-state index in [4.69, 9.17) is 5.11 Å². The number of hydrogen-bond acceptors (Lipinski definition) is 4. The van der Waals surface area contributed by atoms with Crippen LogP contribution in [0.3, 0.4) is 0 Å². The lowest BCUT2D eigenvalue weighted by molar-refractivity contribution is -0.140. The van der Waals surface area contributed by atoms with Crippen molar-refractivity contribution in [3.8, 4) is 0 Å². The number of rotatable bonds is 1. The number of aromatic nitrogens is 4. The molecule has 0 fully saturated rings. The van der Waals surface area contributed by atoms with Crippen molar-refractivity contribution in [2.24, 2.45) is 0 Å². The Balaban J connectivity index is 2.82. The van der Waals surface area contributed by atoms with Crippen LogP contribution in [0.2, 0.25) is 0 Å². The zero-order valence-electron chi connectivity index (χ0n) is 8.36. The van der Waals surface area contributed by atoms with Gasteiger partial charge in [-0.05, 0) is 6.92 Å². The molecular weight excluding hydrogens is 241 g/mol. The minimum absolute atomic E-state index is 0.198. The standard InChI is InChI=1S/C8H5F3N4O2/c1-3-2-12-6-5(8(9,10)11)13-14-15(6)4(3)7(16)17/h2H,1H3,(H,16,17). The van der Waals surface area contributed by atoms with Crippen molar-refractivity contribution in [3.63, 3.8) is 0 Å². The third-order valence-electron chi connectivity index (χ3n) is 2.08. The molecule has 0 amide bonds. The lowest BCUT2D eigenvalue weighted by Crippen LogP contribution is -2.11. The molecule has 2 aromatic rings. The molecule has 0 aliphatic carbocycles. The molecule has 9 heteroatoms. The molecule has 0 bridgehead atoms. The van der Waals surface area contributed by atoms with Gasteiger partial charge in [-0.25, -0.2) is 9.78 Å². The summed E-state index contributed by atoms with van der Waals surface area (Å²) in [6.07, 6.45) is -3.68. The first kappa shape index (κ1) is 11.3. The molecule has 0 spiro atoms. The highest BCUT2D eigenvalue weighted by Gasteiger charge is 2.38. The number of alkyl halides is 3. The minimum atomic E-state index is -4.72. The van der Waals surface area contributed by atoms with Gasteiger partial charge in [-0.15, -0.1) is 5.10 Å². The van der Waals surface area contributed by atoms with Crippen molar-refractivity contribution in [1.82, 2.24) is 19.8 Å². The molecule has 0 atom stereocenters. The van der Waals surface area contributed by atoms with Gasteiger partial charge in [0, 0.05) is 11.8 Å². The Bertz CT molecular complexity index is 605. The molecule has 0 aliphatic heterocycles. The molecule has 0 saturated heterocycles. The number of fused-ring (bicyclic) bond motifs is 1. The summed E-state index contributed by atoms with van der Waals surface area (Å²) in [4.78, 5) is 14.4. The zero-order chi connectivity index (χ0) is 12.8. The number of carbonyl (C=O) groups is 1. The monoisotopic (exact) mass is 246 g/mol. The number of aromatic carboxylic acids is 1. The van der Waals surface area contributed by atoms with Crippen molar-refractivity contribution < 1.29 is 23.1 Å². The van der Waals surface area contributed by atoms with E-state index in [0.717, 1.165) is 6.20 Å². The van der Waals surface area contributed by atoms with Gasteiger partial charge in [-0.1, -0.05) is 5.21 Å². The van der Waals surface area contributed by atoms with E-state index in [0.29, 0.717) is 4.52 Å². The summed E-state index contributed by atoms with van der Waals surface area (Å²) in [5.74, 6) is -1.39. The van der Waals surface area contributed by atoms with Crippen LogP contribution in [-0.2, 0) is 6.18 Å². The van der Waals surface area contributed by atoms with Crippen LogP contribution >= 0.6 is 0 Å². The Labute approximate surface area is 91.7 Å². The Kier molecular flexibility index (Phi) is 2.26. The molecule has 0 unspecified atom stereocenters. The highest BCUT2D eigenvalue weighted by atomic mass is 19.4. The number of carboxylic acids is 1. The zero-order valence-corrected chi connectivity index (χ0v) is 8.36. The highest BCUT2D eigenvalue weighted by Crippen LogP contribution is 2.30. The second-order valence-corrected chi connectivity index (χ2v) is 3.27. The van der Waals surface area contributed by atoms with Gasteiger partial charge in [0.05, 0.1) is 0 Å². The van der Waals surface area contributed by atoms with Crippen molar-refractivity contribution in [2.45, 2.75) is 13.1 Å². The van der Waals surface area contributed by atoms with Gasteiger partial charge in [0.2, 0.25) is 5.69 Å². The molecule has 17 heavy (non-hydrogen) atoms. The fraction of sp³-hybridized carbons (Fsp3) is 0.250. The second-order valence-electron chi connectivity index (χ2n) is 3.27. The van der Waals surface area contributed by atoms with E-state index in [1.54, 1.807) is 0 Å². The molecule has 0 aromatic carbocycles. The summed E-state index contributed by atoms with van der Waals surface area (Å²) in [5, 5.41) is 15.0. The van der Waals surface area contributed by atoms with E-state index >= 15 is 0 Å². The molecule has 2 heterocycles. The average Bonchev–Trinajstić information content (AvgIpc) is 2.59. The van der Waals surface area contributed by atoms with Crippen LogP contribution in [0, 0.1) is 6.92 Å². The van der Waals surface area contributed by atoms with E-state index in [1.165, 1.54) is 6.92 Å². The van der Waals surface area contributed by atoms with Gasteiger partial charge in [0.15, 0.2) is 11.3 Å². The first-order valence-electron chi connectivity index (χ1n) is 4.34. The molecule has 1 N–H and O–H groups in total. The van der Waals surface area contributed by atoms with Crippen molar-refractivity contribution in [2.75, 3.05) is 0 Å². The van der Waals surface area contributed by atoms with Crippen molar-refractivity contribution in [3.05, 3.63) is 23.1 Å². The number of aryl methyl sites for hydroxylation is 1. The van der Waals surface area contributed by atoms with Crippen LogP contribution in [0.5, 0.6) is 0 Å². The van der Waals surface area contributed by atoms with E-state index < -0.39 is 29.2 Å². The third kappa shape index (κ3) is 1.69. The van der Waals surface area contributed by atoms with E-state index in [-0.39, 0.29) is 5.56 Å². The van der Waals surface area contributed by atoms with Gasteiger partial charge in [-0.3, -0.25) is 0 Å². The molecule has 0 aliphatic rings. The van der Waals surface area contributed by atoms with Gasteiger partial charge < -0.3 is 5.11 Å². The average molecular weight is 246 g/mol. The number of nitrogens with zero attached hydrogens (tertiary/aromatic N) is 4. The quantitative estimate of drug-likeness (QED) is 0.816. The van der Waals surface area contributed by atoms with E-state index in [9.17, 15) is 18.0 Å². The largest absolute Gasteiger partial charge is 0.476 e. The first-order valence-corrected chi connectivity index (χ1v) is 4.34. The summed E-state index contributed by atoms with van der Waals surface area (Å²) in [5.41, 5.74) is -2.12. The molecule has 2 aromatic heterocycles. The van der Waals surface area contributed by atoms with Crippen LogP contribution < -0.4 is 0 Å². The van der Waals surface area contributed by atoms with E-state index in [2.05, 4.69) is 15.3 Å². The van der Waals surface area contributed by atoms with Crippen LogP contribution in [0.4, 0.5) is 13.2 Å². The molecule has 2 rings (SSSR count). The maximum Gasteiger partial charge on any atom is 0.439 e. The fourth-order valence-electron chi connectivity index (χ4n) is 1.37. The number of hydrogen-bond donors (Lipinski definition) is 1. The van der Waals surface area contributed by atoms with E-state index in [1.807, 2.05) is 0 Å². The van der Waals surface area contributed by atoms with Crippen LogP contribution in [-0.4, -0.2) is 30.9 Å². The summed E-state index contributed by atoms with van der Waals surface area (Å²) in [6.45, 7) is 1.41. The Morgan fingerprint density at radius 3 is 2.65 bits per heavy atom. The highest BCUT2D eigenvalue weighted by molar-refractivity contribution is 5.87. The summed E-state index contributed by atoms with van der Waals surface area (Å²) in [7, 11) is 0. The van der Waals surface area contributed by atoms with Gasteiger partial charge in [0.25, 0.3) is 0 Å². The molecule has 90 valence electrons. The van der Waals surface area contributed by atoms with Crippen LogP contribution in [0.25, 0.3) is 5.65 Å². The smallest absolute Gasteiger partial charge is 0.439 e. The third-order valence-corrected chi connectivity index (χ3v) is 2.08. The van der Waals surface area contributed by atoms with Crippen molar-refractivity contribution in [1.29, 1.82) is 0 Å².